The standard InChI is InChI=1S/C22H30F3N3O5S3/c1-4-16(2)35(30,31)26-14-19-15-27(36(32,33)20-6-5-13-34-20)11-12-28(19)18-9-7-17(8-10-18)21(3,29)22(23,24)25/h5-10,13,16,19,26,29H,4,11-12,14-15H2,1-3H3/t16?,19-,21-/m0/s1. The molecule has 0 aliphatic carbocycles. The summed E-state index contributed by atoms with van der Waals surface area (Å²) in [6.07, 6.45) is -4.48. The molecule has 2 aromatic rings. The predicted octanol–water partition coefficient (Wildman–Crippen LogP) is 3.12. The van der Waals surface area contributed by atoms with Crippen molar-refractivity contribution in [2.24, 2.45) is 0 Å². The monoisotopic (exact) mass is 569 g/mol. The molecule has 1 aliphatic heterocycles. The van der Waals surface area contributed by atoms with E-state index in [0.29, 0.717) is 19.0 Å². The van der Waals surface area contributed by atoms with Crippen LogP contribution in [-0.4, -0.2) is 69.9 Å². The SMILES string of the molecule is CCC(C)S(=O)(=O)NC[C@H]1CN(S(=O)(=O)c2cccs2)CCN1c1ccc([C@](C)(O)C(F)(F)F)cc1. The largest absolute Gasteiger partial charge is 0.421 e. The zero-order chi connectivity index (χ0) is 26.9. The number of aliphatic hydroxyl groups is 1. The maximum absolute atomic E-state index is 13.2. The highest BCUT2D eigenvalue weighted by Gasteiger charge is 2.51. The fourth-order valence-electron chi connectivity index (χ4n) is 3.81. The predicted molar refractivity (Wildman–Crippen MR) is 133 cm³/mol. The molecule has 202 valence electrons. The van der Waals surface area contributed by atoms with Gasteiger partial charge in [-0.3, -0.25) is 0 Å². The molecule has 3 rings (SSSR count). The summed E-state index contributed by atoms with van der Waals surface area (Å²) in [6, 6.07) is 7.66. The zero-order valence-corrected chi connectivity index (χ0v) is 22.5. The van der Waals surface area contributed by atoms with E-state index in [1.165, 1.54) is 22.5 Å². The Balaban J connectivity index is 1.89. The molecule has 36 heavy (non-hydrogen) atoms. The van der Waals surface area contributed by atoms with Crippen molar-refractivity contribution in [1.82, 2.24) is 9.03 Å². The average molecular weight is 570 g/mol. The Labute approximate surface area is 213 Å². The molecule has 1 aromatic carbocycles. The Bertz CT molecular complexity index is 1230. The number of benzene rings is 1. The molecule has 0 saturated carbocycles. The van der Waals surface area contributed by atoms with Crippen LogP contribution in [0.1, 0.15) is 32.8 Å². The highest BCUT2D eigenvalue weighted by molar-refractivity contribution is 7.91. The van der Waals surface area contributed by atoms with Crippen LogP contribution in [0.25, 0.3) is 0 Å². The van der Waals surface area contributed by atoms with Gasteiger partial charge in [-0.25, -0.2) is 21.6 Å². The molecule has 0 amide bonds. The van der Waals surface area contributed by atoms with E-state index in [0.717, 1.165) is 23.5 Å². The van der Waals surface area contributed by atoms with Crippen molar-refractivity contribution >= 4 is 37.1 Å². The van der Waals surface area contributed by atoms with Crippen LogP contribution in [0, 0.1) is 0 Å². The van der Waals surface area contributed by atoms with Crippen molar-refractivity contribution in [2.45, 2.75) is 54.5 Å². The third kappa shape index (κ3) is 5.89. The average Bonchev–Trinajstić information content (AvgIpc) is 3.37. The van der Waals surface area contributed by atoms with E-state index < -0.39 is 43.1 Å². The molecule has 0 radical (unpaired) electrons. The Hall–Kier alpha value is -1.71. The van der Waals surface area contributed by atoms with Crippen LogP contribution >= 0.6 is 11.3 Å². The second-order valence-electron chi connectivity index (χ2n) is 8.87. The van der Waals surface area contributed by atoms with E-state index in [4.69, 9.17) is 0 Å². The molecule has 8 nitrogen and oxygen atoms in total. The topological polar surface area (TPSA) is 107 Å². The fourth-order valence-corrected chi connectivity index (χ4v) is 7.57. The number of nitrogens with one attached hydrogen (secondary N) is 1. The minimum Gasteiger partial charge on any atom is -0.376 e. The van der Waals surface area contributed by atoms with Gasteiger partial charge in [0, 0.05) is 31.9 Å². The van der Waals surface area contributed by atoms with Gasteiger partial charge in [-0.1, -0.05) is 25.1 Å². The lowest BCUT2D eigenvalue weighted by molar-refractivity contribution is -0.258. The van der Waals surface area contributed by atoms with Crippen molar-refractivity contribution in [3.05, 3.63) is 47.3 Å². The molecule has 1 saturated heterocycles. The summed E-state index contributed by atoms with van der Waals surface area (Å²) < 4.78 is 95.0. The number of anilines is 1. The number of rotatable bonds is 9. The number of nitrogens with zero attached hydrogens (tertiary/aromatic N) is 2. The first kappa shape index (κ1) is 28.9. The second kappa shape index (κ2) is 10.6. The Morgan fingerprint density at radius 2 is 1.78 bits per heavy atom. The lowest BCUT2D eigenvalue weighted by Crippen LogP contribution is -2.58. The molecule has 0 spiro atoms. The summed E-state index contributed by atoms with van der Waals surface area (Å²) in [6.45, 7) is 4.16. The molecule has 2 N–H and O–H groups in total. The zero-order valence-electron chi connectivity index (χ0n) is 20.1. The summed E-state index contributed by atoms with van der Waals surface area (Å²) in [5.74, 6) is 0. The van der Waals surface area contributed by atoms with E-state index in [9.17, 15) is 35.1 Å². The Morgan fingerprint density at radius 3 is 2.31 bits per heavy atom. The van der Waals surface area contributed by atoms with Gasteiger partial charge in [0.15, 0.2) is 5.60 Å². The lowest BCUT2D eigenvalue weighted by atomic mass is 9.95. The van der Waals surface area contributed by atoms with E-state index in [1.54, 1.807) is 30.2 Å². The second-order valence-corrected chi connectivity index (χ2v) is 14.2. The van der Waals surface area contributed by atoms with Gasteiger partial charge in [0.05, 0.1) is 11.3 Å². The molecule has 3 atom stereocenters. The van der Waals surface area contributed by atoms with Crippen molar-refractivity contribution in [3.8, 4) is 0 Å². The normalized spacial score (nSPS) is 20.8. The van der Waals surface area contributed by atoms with Gasteiger partial charge >= 0.3 is 6.18 Å². The van der Waals surface area contributed by atoms with Gasteiger partial charge in [-0.05, 0) is 49.4 Å². The van der Waals surface area contributed by atoms with E-state index in [-0.39, 0.29) is 36.0 Å². The van der Waals surface area contributed by atoms with Crippen LogP contribution in [0.2, 0.25) is 0 Å². The molecule has 0 bridgehead atoms. The third-order valence-corrected chi connectivity index (χ3v) is 11.7. The molecule has 1 unspecified atom stereocenters. The van der Waals surface area contributed by atoms with Crippen LogP contribution in [0.4, 0.5) is 18.9 Å². The van der Waals surface area contributed by atoms with Crippen LogP contribution in [-0.2, 0) is 25.6 Å². The fraction of sp³-hybridized carbons (Fsp3) is 0.545. The number of halogens is 3. The molecule has 1 aliphatic rings. The first-order valence-corrected chi connectivity index (χ1v) is 15.2. The molecule has 1 fully saturated rings. The third-order valence-electron chi connectivity index (χ3n) is 6.47. The first-order valence-electron chi connectivity index (χ1n) is 11.3. The first-order chi connectivity index (χ1) is 16.6. The van der Waals surface area contributed by atoms with Crippen LogP contribution < -0.4 is 9.62 Å². The van der Waals surface area contributed by atoms with Crippen molar-refractivity contribution in [3.63, 3.8) is 0 Å². The van der Waals surface area contributed by atoms with Gasteiger partial charge in [0.1, 0.15) is 4.21 Å². The highest BCUT2D eigenvalue weighted by Crippen LogP contribution is 2.39. The minimum absolute atomic E-state index is 0.0225. The van der Waals surface area contributed by atoms with E-state index >= 15 is 0 Å². The smallest absolute Gasteiger partial charge is 0.376 e. The van der Waals surface area contributed by atoms with Gasteiger partial charge < -0.3 is 10.0 Å². The molecular weight excluding hydrogens is 539 g/mol. The number of hydrogen-bond acceptors (Lipinski definition) is 7. The quantitative estimate of drug-likeness (QED) is 0.481. The number of piperazine rings is 1. The summed E-state index contributed by atoms with van der Waals surface area (Å²) in [7, 11) is -7.44. The van der Waals surface area contributed by atoms with Gasteiger partial charge in [-0.15, -0.1) is 11.3 Å². The lowest BCUT2D eigenvalue weighted by Gasteiger charge is -2.42. The summed E-state index contributed by atoms with van der Waals surface area (Å²) >= 11 is 1.08. The maximum Gasteiger partial charge on any atom is 0.421 e. The molecule has 1 aromatic heterocycles. The molecule has 2 heterocycles. The Kier molecular flexibility index (Phi) is 8.48. The van der Waals surface area contributed by atoms with Crippen LogP contribution in [0.3, 0.4) is 0 Å². The highest BCUT2D eigenvalue weighted by atomic mass is 32.2. The molecular formula is C22H30F3N3O5S3. The molecule has 14 heteroatoms. The summed E-state index contributed by atoms with van der Waals surface area (Å²) in [5.41, 5.74) is -2.89. The number of alkyl halides is 3. The number of thiophene rings is 1. The van der Waals surface area contributed by atoms with E-state index in [1.807, 2.05) is 0 Å². The van der Waals surface area contributed by atoms with Crippen LogP contribution in [0.15, 0.2) is 46.0 Å². The van der Waals surface area contributed by atoms with Crippen molar-refractivity contribution in [2.75, 3.05) is 31.1 Å². The summed E-state index contributed by atoms with van der Waals surface area (Å²) in [4.78, 5) is 1.77. The van der Waals surface area contributed by atoms with Gasteiger partial charge in [0.25, 0.3) is 10.0 Å². The maximum atomic E-state index is 13.2. The number of hydrogen-bond donors (Lipinski definition) is 2. The van der Waals surface area contributed by atoms with Crippen molar-refractivity contribution in [1.29, 1.82) is 0 Å². The van der Waals surface area contributed by atoms with Crippen molar-refractivity contribution < 1.29 is 35.1 Å². The minimum atomic E-state index is -4.87. The van der Waals surface area contributed by atoms with Gasteiger partial charge in [-0.2, -0.15) is 17.5 Å². The van der Waals surface area contributed by atoms with E-state index in [2.05, 4.69) is 4.72 Å². The Morgan fingerprint density at radius 1 is 1.14 bits per heavy atom. The summed E-state index contributed by atoms with van der Waals surface area (Å²) in [5, 5.41) is 11.0. The number of sulfonamides is 2. The van der Waals surface area contributed by atoms with Gasteiger partial charge in [0.2, 0.25) is 10.0 Å². The van der Waals surface area contributed by atoms with Crippen LogP contribution in [0.5, 0.6) is 0 Å².